The minimum atomic E-state index is -4.03. The molecule has 0 unspecified atom stereocenters. The van der Waals surface area contributed by atoms with Gasteiger partial charge in [-0.15, -0.1) is 0 Å². The second-order valence-electron chi connectivity index (χ2n) is 12.7. The standard InChI is InChI=1S/C35H44N4O6S/c1-21-22(2)32(23(3)25-17-18-35(4,5)45-31(21)25)46(42,43)38-33(36)37-19-11-12-24(20-40)39(34(41)44-6)30-28-15-9-7-13-26(28)27-14-8-10-16-29(27)30/h7-10,13-16,24,30,40H,11-12,17-20H2,1-6H3,(H3,36,37,38)/t24-/m0/s1. The topological polar surface area (TPSA) is 144 Å². The van der Waals surface area contributed by atoms with Crippen LogP contribution in [0.1, 0.15) is 72.5 Å². The highest BCUT2D eigenvalue weighted by molar-refractivity contribution is 7.90. The first-order valence-electron chi connectivity index (χ1n) is 15.6. The van der Waals surface area contributed by atoms with E-state index in [0.717, 1.165) is 45.6 Å². The summed E-state index contributed by atoms with van der Waals surface area (Å²) < 4.78 is 41.0. The summed E-state index contributed by atoms with van der Waals surface area (Å²) in [5, 5.41) is 10.5. The van der Waals surface area contributed by atoms with E-state index in [1.165, 1.54) is 7.11 Å². The number of hydrogen-bond acceptors (Lipinski definition) is 7. The molecule has 246 valence electrons. The van der Waals surface area contributed by atoms with Gasteiger partial charge in [-0.3, -0.25) is 9.89 Å². The molecule has 1 aliphatic heterocycles. The van der Waals surface area contributed by atoms with Crippen molar-refractivity contribution in [3.63, 3.8) is 0 Å². The van der Waals surface area contributed by atoms with Crippen molar-refractivity contribution in [2.75, 3.05) is 20.3 Å². The third-order valence-corrected chi connectivity index (χ3v) is 10.8. The van der Waals surface area contributed by atoms with Crippen LogP contribution in [0.5, 0.6) is 5.75 Å². The average molecular weight is 649 g/mol. The van der Waals surface area contributed by atoms with Crippen LogP contribution in [0.3, 0.4) is 0 Å². The third kappa shape index (κ3) is 6.18. The number of carbonyl (C=O) groups is 1. The Bertz CT molecular complexity index is 1740. The highest BCUT2D eigenvalue weighted by Gasteiger charge is 2.39. The molecule has 0 bridgehead atoms. The summed E-state index contributed by atoms with van der Waals surface area (Å²) in [6.45, 7) is 9.42. The summed E-state index contributed by atoms with van der Waals surface area (Å²) >= 11 is 0. The van der Waals surface area contributed by atoms with Crippen molar-refractivity contribution in [2.24, 2.45) is 10.7 Å². The Morgan fingerprint density at radius 1 is 1.09 bits per heavy atom. The van der Waals surface area contributed by atoms with Crippen LogP contribution in [-0.2, 0) is 21.2 Å². The van der Waals surface area contributed by atoms with Crippen LogP contribution >= 0.6 is 0 Å². The third-order valence-electron chi connectivity index (χ3n) is 9.22. The fourth-order valence-corrected chi connectivity index (χ4v) is 8.34. The molecule has 0 fully saturated rings. The molecule has 0 radical (unpaired) electrons. The smallest absolute Gasteiger partial charge is 0.410 e. The van der Waals surface area contributed by atoms with Crippen LogP contribution in [0.15, 0.2) is 58.4 Å². The van der Waals surface area contributed by atoms with Gasteiger partial charge >= 0.3 is 6.09 Å². The Kier molecular flexibility index (Phi) is 9.38. The fraction of sp³-hybridized carbons (Fsp3) is 0.429. The van der Waals surface area contributed by atoms with E-state index in [-0.39, 0.29) is 29.6 Å². The predicted molar refractivity (Wildman–Crippen MR) is 179 cm³/mol. The minimum Gasteiger partial charge on any atom is -0.487 e. The Labute approximate surface area is 271 Å². The number of hydrogen-bond donors (Lipinski definition) is 3. The van der Waals surface area contributed by atoms with Crippen molar-refractivity contribution in [2.45, 2.75) is 82.9 Å². The largest absolute Gasteiger partial charge is 0.487 e. The molecule has 3 aromatic rings. The van der Waals surface area contributed by atoms with E-state index in [9.17, 15) is 18.3 Å². The summed E-state index contributed by atoms with van der Waals surface area (Å²) in [6.07, 6.45) is 1.76. The Balaban J connectivity index is 1.31. The number of sulfonamides is 1. The number of guanidine groups is 1. The van der Waals surface area contributed by atoms with Crippen molar-refractivity contribution in [1.82, 2.24) is 9.62 Å². The van der Waals surface area contributed by atoms with Gasteiger partial charge in [0.05, 0.1) is 30.7 Å². The van der Waals surface area contributed by atoms with Gasteiger partial charge in [-0.05, 0) is 105 Å². The maximum absolute atomic E-state index is 13.6. The van der Waals surface area contributed by atoms with Crippen LogP contribution in [0.25, 0.3) is 11.1 Å². The van der Waals surface area contributed by atoms with Gasteiger partial charge in [-0.2, -0.15) is 0 Å². The van der Waals surface area contributed by atoms with E-state index in [1.807, 2.05) is 69.3 Å². The number of fused-ring (bicyclic) bond motifs is 4. The molecule has 1 heterocycles. The lowest BCUT2D eigenvalue weighted by Gasteiger charge is -2.35. The van der Waals surface area contributed by atoms with E-state index in [2.05, 4.69) is 9.71 Å². The first-order chi connectivity index (χ1) is 21.8. The molecular formula is C35H44N4O6S. The molecule has 0 spiro atoms. The van der Waals surface area contributed by atoms with Crippen LogP contribution in [0.2, 0.25) is 0 Å². The lowest BCUT2D eigenvalue weighted by molar-refractivity contribution is 0.0650. The number of amides is 1. The summed E-state index contributed by atoms with van der Waals surface area (Å²) in [5.41, 5.74) is 12.7. The molecule has 11 heteroatoms. The van der Waals surface area contributed by atoms with Gasteiger partial charge in [0, 0.05) is 6.54 Å². The maximum Gasteiger partial charge on any atom is 0.410 e. The molecule has 5 rings (SSSR count). The zero-order valence-electron chi connectivity index (χ0n) is 27.4. The van der Waals surface area contributed by atoms with Gasteiger partial charge < -0.3 is 20.3 Å². The molecule has 2 aliphatic rings. The quantitative estimate of drug-likeness (QED) is 0.163. The van der Waals surface area contributed by atoms with Crippen molar-refractivity contribution in [3.8, 4) is 16.9 Å². The molecule has 46 heavy (non-hydrogen) atoms. The fourth-order valence-electron chi connectivity index (χ4n) is 6.82. The number of aliphatic hydroxyl groups excluding tert-OH is 1. The van der Waals surface area contributed by atoms with Crippen molar-refractivity contribution in [3.05, 3.63) is 81.9 Å². The molecule has 1 amide bonds. The van der Waals surface area contributed by atoms with E-state index in [0.29, 0.717) is 30.4 Å². The first-order valence-corrected chi connectivity index (χ1v) is 17.1. The summed E-state index contributed by atoms with van der Waals surface area (Å²) in [6, 6.07) is 14.8. The number of nitrogens with one attached hydrogen (secondary N) is 1. The minimum absolute atomic E-state index is 0.182. The van der Waals surface area contributed by atoms with Crippen molar-refractivity contribution in [1.29, 1.82) is 0 Å². The molecule has 0 saturated carbocycles. The number of rotatable bonds is 9. The molecule has 10 nitrogen and oxygen atoms in total. The number of aliphatic imine (C=N–C) groups is 1. The summed E-state index contributed by atoms with van der Waals surface area (Å²) in [4.78, 5) is 19.3. The normalized spacial score (nSPS) is 16.1. The molecule has 0 saturated heterocycles. The number of aliphatic hydroxyl groups is 1. The second kappa shape index (κ2) is 13.0. The molecular weight excluding hydrogens is 604 g/mol. The van der Waals surface area contributed by atoms with Crippen LogP contribution in [0, 0.1) is 20.8 Å². The predicted octanol–water partition coefficient (Wildman–Crippen LogP) is 5.29. The van der Waals surface area contributed by atoms with Gasteiger partial charge in [-0.25, -0.2) is 17.9 Å². The van der Waals surface area contributed by atoms with Crippen molar-refractivity contribution >= 4 is 22.1 Å². The van der Waals surface area contributed by atoms with Gasteiger partial charge in [0.2, 0.25) is 5.96 Å². The van der Waals surface area contributed by atoms with E-state index >= 15 is 0 Å². The highest BCUT2D eigenvalue weighted by Crippen LogP contribution is 2.47. The van der Waals surface area contributed by atoms with E-state index in [4.69, 9.17) is 15.2 Å². The molecule has 1 aliphatic carbocycles. The molecule has 0 aromatic heterocycles. The lowest BCUT2D eigenvalue weighted by Crippen LogP contribution is -2.45. The Hall–Kier alpha value is -4.09. The average Bonchev–Trinajstić information content (AvgIpc) is 3.34. The number of carbonyl (C=O) groups excluding carboxylic acids is 1. The Morgan fingerprint density at radius 3 is 2.28 bits per heavy atom. The number of nitrogens with two attached hydrogens (primary N) is 1. The maximum atomic E-state index is 13.6. The summed E-state index contributed by atoms with van der Waals surface area (Å²) in [7, 11) is -2.70. The number of nitrogens with zero attached hydrogens (tertiary/aromatic N) is 2. The number of benzene rings is 3. The zero-order chi connectivity index (χ0) is 33.4. The van der Waals surface area contributed by atoms with Crippen LogP contribution in [-0.4, -0.2) is 62.4 Å². The number of methoxy groups -OCH3 is 1. The van der Waals surface area contributed by atoms with Gasteiger partial charge in [0.25, 0.3) is 10.0 Å². The zero-order valence-corrected chi connectivity index (χ0v) is 28.2. The molecule has 4 N–H and O–H groups in total. The van der Waals surface area contributed by atoms with E-state index in [1.54, 1.807) is 18.7 Å². The number of ether oxygens (including phenoxy) is 2. The van der Waals surface area contributed by atoms with Gasteiger partial charge in [0.15, 0.2) is 0 Å². The monoisotopic (exact) mass is 648 g/mol. The summed E-state index contributed by atoms with van der Waals surface area (Å²) in [5.74, 6) is 0.534. The van der Waals surface area contributed by atoms with Crippen LogP contribution in [0.4, 0.5) is 4.79 Å². The highest BCUT2D eigenvalue weighted by atomic mass is 32.2. The van der Waals surface area contributed by atoms with E-state index < -0.39 is 28.2 Å². The molecule has 1 atom stereocenters. The lowest BCUT2D eigenvalue weighted by atomic mass is 9.88. The molecule has 3 aromatic carbocycles. The Morgan fingerprint density at radius 2 is 1.70 bits per heavy atom. The first kappa shape index (κ1) is 33.3. The second-order valence-corrected chi connectivity index (χ2v) is 14.3. The SMILES string of the molecule is COC(=O)N(C1c2ccccc2-c2ccccc21)[C@H](CO)CCCN=C(N)NS(=O)(=O)c1c(C)c(C)c2c(c1C)CCC(C)(C)O2. The van der Waals surface area contributed by atoms with Gasteiger partial charge in [-0.1, -0.05) is 48.5 Å². The van der Waals surface area contributed by atoms with Crippen LogP contribution < -0.4 is 15.2 Å². The van der Waals surface area contributed by atoms with Crippen molar-refractivity contribution < 1.29 is 27.8 Å². The van der Waals surface area contributed by atoms with Gasteiger partial charge in [0.1, 0.15) is 11.4 Å².